The molecule has 0 saturated heterocycles. The Bertz CT molecular complexity index is 990. The van der Waals surface area contributed by atoms with Gasteiger partial charge >= 0.3 is 0 Å². The normalized spacial score (nSPS) is 11.3. The maximum absolute atomic E-state index is 6.45. The standard InChI is InChI=1S/C46H82NO.HI/c1-4-6-8-10-12-14-16-18-20-22-24-26-28-30-32-34-37-43-40-41-47(3)44-38-36-39-45(46(43)44)48-42-35-33-31-29-27-25-23-21-19-17-15-13-11-9-7-5-2;/h36,38-41H,4-35,37,42H2,1-3H3;1H/q+1;/p-1. The van der Waals surface area contributed by atoms with E-state index >= 15 is 0 Å². The molecule has 1 aromatic heterocycles. The SMILES string of the molecule is CCCCCCCCCCCCCCCCCCOc1cccc2c1c(CCCCCCCCCCCCCCCCCC)cc[n+]2C.[I-]. The Hall–Kier alpha value is -0.840. The second kappa shape index (κ2) is 34.3. The Kier molecular flexibility index (Phi) is 32.3. The number of hydrogen-bond donors (Lipinski definition) is 0. The topological polar surface area (TPSA) is 13.1 Å². The second-order valence-corrected chi connectivity index (χ2v) is 15.3. The van der Waals surface area contributed by atoms with E-state index in [0.29, 0.717) is 0 Å². The van der Waals surface area contributed by atoms with Crippen LogP contribution in [0.4, 0.5) is 0 Å². The number of benzene rings is 1. The Morgan fingerprint density at radius 2 is 0.816 bits per heavy atom. The van der Waals surface area contributed by atoms with E-state index in [1.807, 2.05) is 0 Å². The van der Waals surface area contributed by atoms with Gasteiger partial charge < -0.3 is 28.7 Å². The molecule has 284 valence electrons. The van der Waals surface area contributed by atoms with E-state index in [1.54, 1.807) is 0 Å². The van der Waals surface area contributed by atoms with E-state index < -0.39 is 0 Å². The van der Waals surface area contributed by atoms with Crippen LogP contribution in [0.25, 0.3) is 10.9 Å². The summed E-state index contributed by atoms with van der Waals surface area (Å²) in [5, 5.41) is 1.35. The lowest BCUT2D eigenvalue weighted by molar-refractivity contribution is -0.644. The highest BCUT2D eigenvalue weighted by Crippen LogP contribution is 2.29. The van der Waals surface area contributed by atoms with Gasteiger partial charge in [0.2, 0.25) is 5.52 Å². The quantitative estimate of drug-likeness (QED) is 0.0385. The van der Waals surface area contributed by atoms with Crippen molar-refractivity contribution in [2.24, 2.45) is 7.05 Å². The average Bonchev–Trinajstić information content (AvgIpc) is 3.10. The molecule has 0 fully saturated rings. The van der Waals surface area contributed by atoms with Crippen LogP contribution in [0.3, 0.4) is 0 Å². The highest BCUT2D eigenvalue weighted by molar-refractivity contribution is 5.86. The second-order valence-electron chi connectivity index (χ2n) is 15.3. The number of aryl methyl sites for hydroxylation is 2. The fourth-order valence-corrected chi connectivity index (χ4v) is 7.53. The van der Waals surface area contributed by atoms with Crippen molar-refractivity contribution in [3.8, 4) is 5.75 Å². The molecule has 0 aliphatic rings. The summed E-state index contributed by atoms with van der Waals surface area (Å²) in [6.07, 6.45) is 48.7. The smallest absolute Gasteiger partial charge is 0.216 e. The highest BCUT2D eigenvalue weighted by Gasteiger charge is 2.14. The minimum absolute atomic E-state index is 0. The predicted molar refractivity (Wildman–Crippen MR) is 213 cm³/mol. The van der Waals surface area contributed by atoms with Gasteiger partial charge in [-0.25, -0.2) is 4.57 Å². The van der Waals surface area contributed by atoms with Crippen LogP contribution in [0, 0.1) is 0 Å². The van der Waals surface area contributed by atoms with E-state index in [-0.39, 0.29) is 24.0 Å². The van der Waals surface area contributed by atoms with Gasteiger partial charge in [-0.3, -0.25) is 0 Å². The average molecular weight is 792 g/mol. The number of fused-ring (bicyclic) bond motifs is 1. The number of aromatic nitrogens is 1. The van der Waals surface area contributed by atoms with Crippen molar-refractivity contribution in [2.45, 2.75) is 226 Å². The molecular formula is C46H82INO. The first kappa shape index (κ1) is 46.2. The van der Waals surface area contributed by atoms with Crippen molar-refractivity contribution in [1.82, 2.24) is 0 Å². The fraction of sp³-hybridized carbons (Fsp3) is 0.804. The molecule has 0 unspecified atom stereocenters. The molecular weight excluding hydrogens is 709 g/mol. The third-order valence-electron chi connectivity index (χ3n) is 10.8. The summed E-state index contributed by atoms with van der Waals surface area (Å²) < 4.78 is 8.71. The van der Waals surface area contributed by atoms with E-state index in [9.17, 15) is 0 Å². The summed E-state index contributed by atoms with van der Waals surface area (Å²) in [5.74, 6) is 1.09. The van der Waals surface area contributed by atoms with Gasteiger partial charge in [0.05, 0.1) is 12.0 Å². The lowest BCUT2D eigenvalue weighted by Crippen LogP contribution is -3.00. The van der Waals surface area contributed by atoms with Crippen LogP contribution in [0.2, 0.25) is 0 Å². The summed E-state index contributed by atoms with van der Waals surface area (Å²) in [4.78, 5) is 0. The molecule has 0 spiro atoms. The number of halogens is 1. The third kappa shape index (κ3) is 24.1. The highest BCUT2D eigenvalue weighted by atomic mass is 127. The van der Waals surface area contributed by atoms with E-state index in [0.717, 1.165) is 18.8 Å². The van der Waals surface area contributed by atoms with Crippen LogP contribution in [-0.2, 0) is 13.5 Å². The summed E-state index contributed by atoms with van der Waals surface area (Å²) in [5.41, 5.74) is 2.77. The molecule has 0 saturated carbocycles. The van der Waals surface area contributed by atoms with Crippen LogP contribution in [0.1, 0.15) is 225 Å². The molecule has 0 N–H and O–H groups in total. The van der Waals surface area contributed by atoms with Gasteiger partial charge in [-0.2, -0.15) is 0 Å². The summed E-state index contributed by atoms with van der Waals surface area (Å²) in [7, 11) is 2.17. The minimum atomic E-state index is 0. The first-order chi connectivity index (χ1) is 23.8. The molecule has 0 aliphatic carbocycles. The summed E-state index contributed by atoms with van der Waals surface area (Å²) in [6.45, 7) is 5.45. The van der Waals surface area contributed by atoms with Gasteiger partial charge in [0.1, 0.15) is 12.8 Å². The lowest BCUT2D eigenvalue weighted by atomic mass is 10.0. The van der Waals surface area contributed by atoms with E-state index in [1.165, 1.54) is 222 Å². The van der Waals surface area contributed by atoms with Gasteiger partial charge in [0.25, 0.3) is 0 Å². The fourth-order valence-electron chi connectivity index (χ4n) is 7.53. The summed E-state index contributed by atoms with van der Waals surface area (Å²) in [6, 6.07) is 8.97. The van der Waals surface area contributed by atoms with Gasteiger partial charge in [-0.05, 0) is 30.9 Å². The molecule has 0 atom stereocenters. The Morgan fingerprint density at radius 3 is 1.22 bits per heavy atom. The Balaban J connectivity index is 0.0000120. The monoisotopic (exact) mass is 792 g/mol. The van der Waals surface area contributed by atoms with Crippen LogP contribution in [-0.4, -0.2) is 6.61 Å². The van der Waals surface area contributed by atoms with Crippen molar-refractivity contribution >= 4 is 10.9 Å². The Labute approximate surface area is 323 Å². The van der Waals surface area contributed by atoms with E-state index in [2.05, 4.69) is 55.9 Å². The lowest BCUT2D eigenvalue weighted by Gasteiger charge is -2.12. The molecule has 0 aliphatic heterocycles. The first-order valence-corrected chi connectivity index (χ1v) is 21.8. The zero-order valence-corrected chi connectivity index (χ0v) is 35.3. The molecule has 1 heterocycles. The maximum Gasteiger partial charge on any atom is 0.216 e. The largest absolute Gasteiger partial charge is 1.00 e. The molecule has 0 bridgehead atoms. The van der Waals surface area contributed by atoms with Crippen molar-refractivity contribution in [3.05, 3.63) is 36.0 Å². The molecule has 1 aromatic carbocycles. The number of ether oxygens (including phenoxy) is 1. The van der Waals surface area contributed by atoms with Crippen LogP contribution < -0.4 is 33.3 Å². The molecule has 2 rings (SSSR count). The zero-order chi connectivity index (χ0) is 34.2. The Morgan fingerprint density at radius 1 is 0.449 bits per heavy atom. The van der Waals surface area contributed by atoms with Gasteiger partial charge in [-0.1, -0.05) is 213 Å². The molecule has 0 radical (unpaired) electrons. The maximum atomic E-state index is 6.45. The number of pyridine rings is 1. The minimum Gasteiger partial charge on any atom is -1.00 e. The van der Waals surface area contributed by atoms with Crippen molar-refractivity contribution in [3.63, 3.8) is 0 Å². The third-order valence-corrected chi connectivity index (χ3v) is 10.8. The van der Waals surface area contributed by atoms with Crippen LogP contribution in [0.15, 0.2) is 30.5 Å². The zero-order valence-electron chi connectivity index (χ0n) is 33.2. The molecule has 49 heavy (non-hydrogen) atoms. The molecule has 0 amide bonds. The van der Waals surface area contributed by atoms with Gasteiger partial charge in [-0.15, -0.1) is 0 Å². The summed E-state index contributed by atoms with van der Waals surface area (Å²) >= 11 is 0. The molecule has 3 heteroatoms. The number of hydrogen-bond acceptors (Lipinski definition) is 1. The van der Waals surface area contributed by atoms with Gasteiger partial charge in [0, 0.05) is 12.1 Å². The number of rotatable bonds is 35. The first-order valence-electron chi connectivity index (χ1n) is 21.8. The van der Waals surface area contributed by atoms with Gasteiger partial charge in [0.15, 0.2) is 6.20 Å². The molecule has 2 aromatic rings. The van der Waals surface area contributed by atoms with E-state index in [4.69, 9.17) is 4.74 Å². The number of nitrogens with zero attached hydrogens (tertiary/aromatic N) is 1. The predicted octanol–water partition coefficient (Wildman–Crippen LogP) is 12.1. The van der Waals surface area contributed by atoms with Crippen LogP contribution >= 0.6 is 0 Å². The molecule has 2 nitrogen and oxygen atoms in total. The van der Waals surface area contributed by atoms with Crippen molar-refractivity contribution in [1.29, 1.82) is 0 Å². The number of unbranched alkanes of at least 4 members (excludes halogenated alkanes) is 30. The van der Waals surface area contributed by atoms with Crippen LogP contribution in [0.5, 0.6) is 5.75 Å². The van der Waals surface area contributed by atoms with Crippen molar-refractivity contribution in [2.75, 3.05) is 6.61 Å². The van der Waals surface area contributed by atoms with Crippen molar-refractivity contribution < 1.29 is 33.3 Å².